The van der Waals surface area contributed by atoms with Crippen LogP contribution in [-0.4, -0.2) is 10.9 Å². The molecule has 74 valence electrons. The molecular weight excluding hydrogens is 198 g/mol. The van der Waals surface area contributed by atoms with Gasteiger partial charge < -0.3 is 5.21 Å². The summed E-state index contributed by atoms with van der Waals surface area (Å²) in [6.07, 6.45) is 3.39. The Morgan fingerprint density at radius 1 is 1.36 bits per heavy atom. The van der Waals surface area contributed by atoms with Crippen LogP contribution in [0.4, 0.5) is 0 Å². The summed E-state index contributed by atoms with van der Waals surface area (Å²) in [6.45, 7) is 0. The number of halogens is 1. The van der Waals surface area contributed by atoms with Gasteiger partial charge in [-0.3, -0.25) is 0 Å². The van der Waals surface area contributed by atoms with Crippen LogP contribution in [0.25, 0.3) is 0 Å². The van der Waals surface area contributed by atoms with E-state index in [9.17, 15) is 0 Å². The second-order valence-electron chi connectivity index (χ2n) is 3.70. The Morgan fingerprint density at radius 3 is 2.50 bits per heavy atom. The minimum absolute atomic E-state index is 0.706. The van der Waals surface area contributed by atoms with Crippen molar-refractivity contribution in [3.8, 4) is 0 Å². The largest absolute Gasteiger partial charge is 0.411 e. The van der Waals surface area contributed by atoms with Crippen LogP contribution in [0.15, 0.2) is 29.4 Å². The van der Waals surface area contributed by atoms with E-state index in [4.69, 9.17) is 16.8 Å². The highest BCUT2D eigenvalue weighted by atomic mass is 35.5. The predicted molar refractivity (Wildman–Crippen MR) is 57.1 cm³/mol. The Labute approximate surface area is 88.2 Å². The summed E-state index contributed by atoms with van der Waals surface area (Å²) in [5.41, 5.74) is 1.73. The number of rotatable bonds is 3. The third kappa shape index (κ3) is 2.26. The topological polar surface area (TPSA) is 32.6 Å². The minimum Gasteiger partial charge on any atom is -0.411 e. The molecule has 1 aliphatic carbocycles. The first kappa shape index (κ1) is 9.53. The van der Waals surface area contributed by atoms with Crippen molar-refractivity contribution in [2.24, 2.45) is 11.1 Å². The second kappa shape index (κ2) is 4.01. The van der Waals surface area contributed by atoms with Crippen LogP contribution in [0.5, 0.6) is 0 Å². The zero-order valence-corrected chi connectivity index (χ0v) is 8.54. The highest BCUT2D eigenvalue weighted by Crippen LogP contribution is 2.33. The quantitative estimate of drug-likeness (QED) is 0.462. The van der Waals surface area contributed by atoms with E-state index >= 15 is 0 Å². The lowest BCUT2D eigenvalue weighted by atomic mass is 10.1. The van der Waals surface area contributed by atoms with Gasteiger partial charge in [-0.25, -0.2) is 0 Å². The van der Waals surface area contributed by atoms with Crippen LogP contribution in [-0.2, 0) is 0 Å². The number of benzene rings is 1. The average Bonchev–Trinajstić information content (AvgIpc) is 3.00. The van der Waals surface area contributed by atoms with Gasteiger partial charge in [0.05, 0.1) is 5.71 Å². The van der Waals surface area contributed by atoms with Gasteiger partial charge >= 0.3 is 0 Å². The second-order valence-corrected chi connectivity index (χ2v) is 4.14. The SMILES string of the molecule is O/N=C(/CC1CC1)c1ccc(Cl)cc1. The van der Waals surface area contributed by atoms with Crippen molar-refractivity contribution in [2.45, 2.75) is 19.3 Å². The van der Waals surface area contributed by atoms with Gasteiger partial charge in [0.2, 0.25) is 0 Å². The molecule has 0 unspecified atom stereocenters. The number of hydrogen-bond donors (Lipinski definition) is 1. The summed E-state index contributed by atoms with van der Waals surface area (Å²) in [4.78, 5) is 0. The van der Waals surface area contributed by atoms with Crippen molar-refractivity contribution in [3.05, 3.63) is 34.9 Å². The van der Waals surface area contributed by atoms with Gasteiger partial charge in [-0.15, -0.1) is 0 Å². The van der Waals surface area contributed by atoms with Crippen LogP contribution in [0.2, 0.25) is 5.02 Å². The smallest absolute Gasteiger partial charge is 0.0870 e. The lowest BCUT2D eigenvalue weighted by Crippen LogP contribution is -2.01. The van der Waals surface area contributed by atoms with Crippen molar-refractivity contribution >= 4 is 17.3 Å². The van der Waals surface area contributed by atoms with Crippen molar-refractivity contribution in [2.75, 3.05) is 0 Å². The predicted octanol–water partition coefficient (Wildman–Crippen LogP) is 3.32. The third-order valence-electron chi connectivity index (χ3n) is 2.48. The lowest BCUT2D eigenvalue weighted by Gasteiger charge is -2.03. The summed E-state index contributed by atoms with van der Waals surface area (Å²) in [6, 6.07) is 7.41. The summed E-state index contributed by atoms with van der Waals surface area (Å²) in [7, 11) is 0. The Balaban J connectivity index is 2.14. The molecule has 0 atom stereocenters. The molecule has 14 heavy (non-hydrogen) atoms. The van der Waals surface area contributed by atoms with E-state index in [0.29, 0.717) is 5.02 Å². The number of oxime groups is 1. The van der Waals surface area contributed by atoms with Crippen LogP contribution in [0.1, 0.15) is 24.8 Å². The molecule has 1 N–H and O–H groups in total. The van der Waals surface area contributed by atoms with Crippen molar-refractivity contribution in [1.29, 1.82) is 0 Å². The molecule has 0 amide bonds. The van der Waals surface area contributed by atoms with Crippen molar-refractivity contribution < 1.29 is 5.21 Å². The number of nitrogens with zero attached hydrogens (tertiary/aromatic N) is 1. The molecule has 0 aromatic heterocycles. The third-order valence-corrected chi connectivity index (χ3v) is 2.73. The summed E-state index contributed by atoms with van der Waals surface area (Å²) >= 11 is 5.78. The maximum Gasteiger partial charge on any atom is 0.0870 e. The highest BCUT2D eigenvalue weighted by Gasteiger charge is 2.24. The molecule has 1 saturated carbocycles. The Bertz CT molecular complexity index is 341. The minimum atomic E-state index is 0.706. The van der Waals surface area contributed by atoms with Gasteiger partial charge in [-0.2, -0.15) is 0 Å². The molecule has 1 aliphatic rings. The Morgan fingerprint density at radius 2 is 2.00 bits per heavy atom. The van der Waals surface area contributed by atoms with E-state index in [1.165, 1.54) is 12.8 Å². The number of hydrogen-bond acceptors (Lipinski definition) is 2. The molecule has 1 fully saturated rings. The van der Waals surface area contributed by atoms with Gasteiger partial charge in [-0.1, -0.05) is 28.9 Å². The highest BCUT2D eigenvalue weighted by molar-refractivity contribution is 6.30. The van der Waals surface area contributed by atoms with Crippen LogP contribution < -0.4 is 0 Å². The fourth-order valence-corrected chi connectivity index (χ4v) is 1.58. The van der Waals surface area contributed by atoms with E-state index < -0.39 is 0 Å². The fourth-order valence-electron chi connectivity index (χ4n) is 1.45. The average molecular weight is 210 g/mol. The lowest BCUT2D eigenvalue weighted by molar-refractivity contribution is 0.317. The molecule has 0 radical (unpaired) electrons. The summed E-state index contributed by atoms with van der Waals surface area (Å²) in [5, 5.41) is 12.9. The summed E-state index contributed by atoms with van der Waals surface area (Å²) < 4.78 is 0. The van der Waals surface area contributed by atoms with E-state index in [1.807, 2.05) is 24.3 Å². The van der Waals surface area contributed by atoms with Gasteiger partial charge in [0.1, 0.15) is 0 Å². The molecule has 0 aliphatic heterocycles. The van der Waals surface area contributed by atoms with E-state index in [-0.39, 0.29) is 0 Å². The first-order valence-electron chi connectivity index (χ1n) is 4.76. The molecular formula is C11H12ClNO. The van der Waals surface area contributed by atoms with Crippen LogP contribution >= 0.6 is 11.6 Å². The fraction of sp³-hybridized carbons (Fsp3) is 0.364. The standard InChI is InChI=1S/C11H12ClNO/c12-10-5-3-9(4-6-10)11(13-14)7-8-1-2-8/h3-6,8,14H,1-2,7H2/b13-11-. The molecule has 1 aromatic carbocycles. The monoisotopic (exact) mass is 209 g/mol. The van der Waals surface area contributed by atoms with Crippen LogP contribution in [0.3, 0.4) is 0 Å². The Kier molecular flexibility index (Phi) is 2.73. The zero-order valence-electron chi connectivity index (χ0n) is 7.78. The molecule has 2 nitrogen and oxygen atoms in total. The van der Waals surface area contributed by atoms with Crippen LogP contribution in [0, 0.1) is 5.92 Å². The van der Waals surface area contributed by atoms with E-state index in [0.717, 1.165) is 23.6 Å². The normalized spacial score (nSPS) is 17.1. The zero-order chi connectivity index (χ0) is 9.97. The van der Waals surface area contributed by atoms with Gasteiger partial charge in [0, 0.05) is 5.02 Å². The molecule has 1 aromatic rings. The molecule has 0 saturated heterocycles. The van der Waals surface area contributed by atoms with Gasteiger partial charge in [-0.05, 0) is 42.9 Å². The van der Waals surface area contributed by atoms with E-state index in [1.54, 1.807) is 0 Å². The molecule has 0 heterocycles. The van der Waals surface area contributed by atoms with Crippen molar-refractivity contribution in [3.63, 3.8) is 0 Å². The molecule has 2 rings (SSSR count). The van der Waals surface area contributed by atoms with Crippen molar-refractivity contribution in [1.82, 2.24) is 0 Å². The maximum absolute atomic E-state index is 8.88. The van der Waals surface area contributed by atoms with Gasteiger partial charge in [0.25, 0.3) is 0 Å². The summed E-state index contributed by atoms with van der Waals surface area (Å²) in [5.74, 6) is 0.719. The molecule has 3 heteroatoms. The maximum atomic E-state index is 8.88. The first-order chi connectivity index (χ1) is 6.79. The first-order valence-corrected chi connectivity index (χ1v) is 5.14. The molecule has 0 spiro atoms. The Hall–Kier alpha value is -1.02. The molecule has 0 bridgehead atoms. The van der Waals surface area contributed by atoms with Gasteiger partial charge in [0.15, 0.2) is 0 Å². The van der Waals surface area contributed by atoms with E-state index in [2.05, 4.69) is 5.16 Å².